The third-order valence-corrected chi connectivity index (χ3v) is 3.60. The summed E-state index contributed by atoms with van der Waals surface area (Å²) in [5.74, 6) is -0.261. The maximum absolute atomic E-state index is 12.4. The van der Waals surface area contributed by atoms with Gasteiger partial charge in [0.05, 0.1) is 6.20 Å². The van der Waals surface area contributed by atoms with Gasteiger partial charge in [-0.3, -0.25) is 14.3 Å². The number of hydrogen-bond acceptors (Lipinski definition) is 4. The Bertz CT molecular complexity index is 717. The maximum Gasteiger partial charge on any atom is 0.251 e. The van der Waals surface area contributed by atoms with E-state index in [0.29, 0.717) is 18.7 Å². The number of halogens is 1. The minimum atomic E-state index is -0.467. The van der Waals surface area contributed by atoms with E-state index in [1.807, 2.05) is 19.1 Å². The number of hydrogen-bond donors (Lipinski definition) is 3. The molecule has 0 aliphatic heterocycles. The summed E-state index contributed by atoms with van der Waals surface area (Å²) >= 11 is 0. The zero-order valence-electron chi connectivity index (χ0n) is 14.6. The first-order chi connectivity index (χ1) is 11.5. The summed E-state index contributed by atoms with van der Waals surface area (Å²) in [6.45, 7) is 2.80. The van der Waals surface area contributed by atoms with Crippen LogP contribution >= 0.6 is 12.4 Å². The Kier molecular flexibility index (Phi) is 8.10. The van der Waals surface area contributed by atoms with Crippen molar-refractivity contribution in [3.05, 3.63) is 53.3 Å². The van der Waals surface area contributed by atoms with Gasteiger partial charge in [0.25, 0.3) is 5.91 Å². The summed E-state index contributed by atoms with van der Waals surface area (Å²) in [6.07, 6.45) is 3.47. The van der Waals surface area contributed by atoms with Gasteiger partial charge in [-0.2, -0.15) is 5.10 Å². The fraction of sp³-hybridized carbons (Fsp3) is 0.353. The fourth-order valence-corrected chi connectivity index (χ4v) is 2.41. The number of benzene rings is 1. The predicted octanol–water partition coefficient (Wildman–Crippen LogP) is 1.17. The Balaban J connectivity index is 0.00000312. The number of aromatic nitrogens is 2. The second-order valence-electron chi connectivity index (χ2n) is 5.45. The Morgan fingerprint density at radius 2 is 2.04 bits per heavy atom. The lowest BCUT2D eigenvalue weighted by Crippen LogP contribution is -2.35. The molecule has 3 N–H and O–H groups in total. The van der Waals surface area contributed by atoms with Gasteiger partial charge in [0.1, 0.15) is 6.04 Å². The quantitative estimate of drug-likeness (QED) is 0.687. The molecule has 1 aromatic heterocycles. The normalized spacial score (nSPS) is 11.3. The molecule has 0 bridgehead atoms. The van der Waals surface area contributed by atoms with E-state index in [0.717, 1.165) is 11.1 Å². The van der Waals surface area contributed by atoms with Crippen LogP contribution in [0.3, 0.4) is 0 Å². The van der Waals surface area contributed by atoms with Crippen LogP contribution in [0.15, 0.2) is 36.7 Å². The van der Waals surface area contributed by atoms with E-state index >= 15 is 0 Å². The van der Waals surface area contributed by atoms with Crippen LogP contribution in [0.25, 0.3) is 0 Å². The largest absolute Gasteiger partial charge is 0.352 e. The average Bonchev–Trinajstić information content (AvgIpc) is 3.00. The number of nitrogens with zero attached hydrogens (tertiary/aromatic N) is 2. The Morgan fingerprint density at radius 3 is 2.64 bits per heavy atom. The molecular weight excluding hydrogens is 342 g/mol. The monoisotopic (exact) mass is 365 g/mol. The van der Waals surface area contributed by atoms with Crippen LogP contribution in [0, 0.1) is 0 Å². The summed E-state index contributed by atoms with van der Waals surface area (Å²) in [4.78, 5) is 24.2. The topological polar surface area (TPSA) is 88.1 Å². The molecule has 136 valence electrons. The summed E-state index contributed by atoms with van der Waals surface area (Å²) in [6, 6.07) is 6.75. The van der Waals surface area contributed by atoms with Crippen molar-refractivity contribution in [1.82, 2.24) is 25.7 Å². The molecule has 1 atom stereocenters. The van der Waals surface area contributed by atoms with Crippen molar-refractivity contribution in [2.75, 3.05) is 13.6 Å². The molecule has 7 nitrogen and oxygen atoms in total. The molecule has 2 amide bonds. The van der Waals surface area contributed by atoms with Gasteiger partial charge in [0.2, 0.25) is 5.91 Å². The van der Waals surface area contributed by atoms with E-state index in [1.54, 1.807) is 43.3 Å². The van der Waals surface area contributed by atoms with Gasteiger partial charge in [-0.1, -0.05) is 12.1 Å². The molecule has 1 unspecified atom stereocenters. The van der Waals surface area contributed by atoms with Gasteiger partial charge in [-0.15, -0.1) is 12.4 Å². The fourth-order valence-electron chi connectivity index (χ4n) is 2.41. The van der Waals surface area contributed by atoms with Crippen LogP contribution in [-0.2, 0) is 18.4 Å². The van der Waals surface area contributed by atoms with E-state index < -0.39 is 6.04 Å². The number of nitrogens with one attached hydrogen (secondary N) is 3. The summed E-state index contributed by atoms with van der Waals surface area (Å²) in [7, 11) is 3.54. The molecule has 0 saturated heterocycles. The molecule has 0 fully saturated rings. The molecule has 0 saturated carbocycles. The molecule has 0 aliphatic rings. The number of amides is 2. The molecule has 0 aliphatic carbocycles. The molecule has 0 radical (unpaired) electrons. The van der Waals surface area contributed by atoms with Crippen LogP contribution in [0.5, 0.6) is 0 Å². The highest BCUT2D eigenvalue weighted by Gasteiger charge is 2.19. The Hall–Kier alpha value is -2.38. The molecule has 0 spiro atoms. The number of carbonyl (C=O) groups excluding carboxylic acids is 2. The summed E-state index contributed by atoms with van der Waals surface area (Å²) in [5, 5.41) is 12.7. The zero-order valence-corrected chi connectivity index (χ0v) is 15.4. The van der Waals surface area contributed by atoms with Gasteiger partial charge in [-0.25, -0.2) is 0 Å². The highest BCUT2D eigenvalue weighted by molar-refractivity contribution is 5.94. The van der Waals surface area contributed by atoms with Gasteiger partial charge in [0, 0.05) is 37.5 Å². The predicted molar refractivity (Wildman–Crippen MR) is 98.6 cm³/mol. The second-order valence-corrected chi connectivity index (χ2v) is 5.45. The van der Waals surface area contributed by atoms with Crippen molar-refractivity contribution in [3.63, 3.8) is 0 Å². The van der Waals surface area contributed by atoms with Crippen LogP contribution in [-0.4, -0.2) is 35.2 Å². The van der Waals surface area contributed by atoms with Gasteiger partial charge in [-0.05, 0) is 31.7 Å². The molecule has 2 rings (SSSR count). The number of aryl methyl sites for hydroxylation is 1. The highest BCUT2D eigenvalue weighted by Crippen LogP contribution is 2.12. The van der Waals surface area contributed by atoms with Crippen LogP contribution in [0.4, 0.5) is 0 Å². The zero-order chi connectivity index (χ0) is 17.5. The van der Waals surface area contributed by atoms with Crippen LogP contribution in [0.2, 0.25) is 0 Å². The summed E-state index contributed by atoms with van der Waals surface area (Å²) in [5.41, 5.74) is 2.25. The molecule has 1 aromatic carbocycles. The van der Waals surface area contributed by atoms with Crippen molar-refractivity contribution in [2.45, 2.75) is 19.5 Å². The highest BCUT2D eigenvalue weighted by atomic mass is 35.5. The third-order valence-electron chi connectivity index (χ3n) is 3.60. The van der Waals surface area contributed by atoms with Crippen LogP contribution < -0.4 is 16.0 Å². The smallest absolute Gasteiger partial charge is 0.251 e. The molecule has 25 heavy (non-hydrogen) atoms. The minimum absolute atomic E-state index is 0. The average molecular weight is 366 g/mol. The van der Waals surface area contributed by atoms with E-state index in [4.69, 9.17) is 0 Å². The molecule has 1 heterocycles. The number of likely N-dealkylation sites (N-methyl/N-ethyl adjacent to an activating group) is 1. The van der Waals surface area contributed by atoms with Crippen LogP contribution in [0.1, 0.15) is 34.5 Å². The number of carbonyl (C=O) groups is 2. The lowest BCUT2D eigenvalue weighted by Gasteiger charge is -2.15. The Labute approximate surface area is 153 Å². The second kappa shape index (κ2) is 9.80. The molecule has 8 heteroatoms. The van der Waals surface area contributed by atoms with E-state index in [9.17, 15) is 9.59 Å². The molecule has 2 aromatic rings. The van der Waals surface area contributed by atoms with Gasteiger partial charge < -0.3 is 16.0 Å². The van der Waals surface area contributed by atoms with Crippen molar-refractivity contribution < 1.29 is 9.59 Å². The standard InChI is InChI=1S/C17H23N5O2.ClH/c1-4-19-16(23)13-7-5-6-12(8-13)9-20-17(24)15(18-2)14-10-21-22(3)11-14;/h5-8,10-11,15,18H,4,9H2,1-3H3,(H,19,23)(H,20,24);1H. The Morgan fingerprint density at radius 1 is 1.28 bits per heavy atom. The summed E-state index contributed by atoms with van der Waals surface area (Å²) < 4.78 is 1.66. The number of rotatable bonds is 7. The van der Waals surface area contributed by atoms with Crippen molar-refractivity contribution in [1.29, 1.82) is 0 Å². The van der Waals surface area contributed by atoms with Gasteiger partial charge >= 0.3 is 0 Å². The minimum Gasteiger partial charge on any atom is -0.352 e. The molecular formula is C17H24ClN5O2. The maximum atomic E-state index is 12.4. The van der Waals surface area contributed by atoms with Crippen molar-refractivity contribution in [3.8, 4) is 0 Å². The lowest BCUT2D eigenvalue weighted by atomic mass is 10.1. The SMILES string of the molecule is CCNC(=O)c1cccc(CNC(=O)C(NC)c2cnn(C)c2)c1.Cl. The lowest BCUT2D eigenvalue weighted by molar-refractivity contribution is -0.123. The first kappa shape index (κ1) is 20.7. The van der Waals surface area contributed by atoms with E-state index in [1.165, 1.54) is 0 Å². The first-order valence-electron chi connectivity index (χ1n) is 7.85. The third kappa shape index (κ3) is 5.58. The van der Waals surface area contributed by atoms with Gasteiger partial charge in [0.15, 0.2) is 0 Å². The van der Waals surface area contributed by atoms with E-state index in [2.05, 4.69) is 21.0 Å². The van der Waals surface area contributed by atoms with Crippen molar-refractivity contribution in [2.24, 2.45) is 7.05 Å². The first-order valence-corrected chi connectivity index (χ1v) is 7.85. The van der Waals surface area contributed by atoms with E-state index in [-0.39, 0.29) is 24.2 Å². The van der Waals surface area contributed by atoms with Crippen molar-refractivity contribution >= 4 is 24.2 Å².